The van der Waals surface area contributed by atoms with Gasteiger partial charge in [0, 0.05) is 38.3 Å². The molecule has 0 aliphatic carbocycles. The predicted molar refractivity (Wildman–Crippen MR) is 75.4 cm³/mol. The van der Waals surface area contributed by atoms with Crippen LogP contribution in [-0.4, -0.2) is 37.2 Å². The zero-order chi connectivity index (χ0) is 15.5. The van der Waals surface area contributed by atoms with Crippen LogP contribution in [0.5, 0.6) is 5.75 Å². The van der Waals surface area contributed by atoms with Crippen molar-refractivity contribution in [1.82, 2.24) is 10.2 Å². The molecule has 1 aromatic carbocycles. The van der Waals surface area contributed by atoms with Crippen molar-refractivity contribution in [3.63, 3.8) is 0 Å². The summed E-state index contributed by atoms with van der Waals surface area (Å²) in [4.78, 5) is 2.14. The number of nitrogens with one attached hydrogen (secondary N) is 1. The van der Waals surface area contributed by atoms with Gasteiger partial charge in [0.1, 0.15) is 5.75 Å². The summed E-state index contributed by atoms with van der Waals surface area (Å²) in [6.07, 6.45) is -4.70. The lowest BCUT2D eigenvalue weighted by atomic mass is 10.1. The van der Waals surface area contributed by atoms with Crippen molar-refractivity contribution in [3.05, 3.63) is 29.3 Å². The highest BCUT2D eigenvalue weighted by Gasteiger charge is 2.35. The zero-order valence-corrected chi connectivity index (χ0v) is 12.3. The molecule has 0 atom stereocenters. The minimum absolute atomic E-state index is 0.0291. The van der Waals surface area contributed by atoms with Crippen molar-refractivity contribution in [2.45, 2.75) is 32.7 Å². The second-order valence-corrected chi connectivity index (χ2v) is 5.48. The van der Waals surface area contributed by atoms with E-state index in [1.807, 2.05) is 0 Å². The number of rotatable bonds is 4. The van der Waals surface area contributed by atoms with E-state index < -0.39 is 11.7 Å². The fraction of sp³-hybridized carbons (Fsp3) is 0.600. The second-order valence-electron chi connectivity index (χ2n) is 5.48. The Balaban J connectivity index is 2.30. The number of hydrogen-bond acceptors (Lipinski definition) is 3. The van der Waals surface area contributed by atoms with Crippen LogP contribution >= 0.6 is 0 Å². The van der Waals surface area contributed by atoms with Gasteiger partial charge in [-0.1, -0.05) is 12.1 Å². The lowest BCUT2D eigenvalue weighted by molar-refractivity contribution is -0.139. The standard InChI is InChI=1S/C15H21F3N2O/c1-11(2)21-14-12(10-20-8-6-19-7-9-20)4-3-5-13(14)15(16,17)18/h3-5,11,19H,6-10H2,1-2H3. The number of para-hydroxylation sites is 1. The van der Waals surface area contributed by atoms with Gasteiger partial charge in [-0.3, -0.25) is 4.90 Å². The Bertz CT molecular complexity index is 468. The first kappa shape index (κ1) is 16.1. The number of piperazine rings is 1. The molecule has 1 saturated heterocycles. The molecular formula is C15H21F3N2O. The third-order valence-corrected chi connectivity index (χ3v) is 3.36. The van der Waals surface area contributed by atoms with Crippen molar-refractivity contribution in [2.75, 3.05) is 26.2 Å². The quantitative estimate of drug-likeness (QED) is 0.925. The Morgan fingerprint density at radius 2 is 1.90 bits per heavy atom. The molecule has 6 heteroatoms. The molecule has 0 aromatic heterocycles. The Labute approximate surface area is 123 Å². The lowest BCUT2D eigenvalue weighted by Gasteiger charge is -2.28. The first-order valence-electron chi connectivity index (χ1n) is 7.16. The van der Waals surface area contributed by atoms with E-state index >= 15 is 0 Å². The van der Waals surface area contributed by atoms with E-state index in [0.29, 0.717) is 12.1 Å². The van der Waals surface area contributed by atoms with Gasteiger partial charge < -0.3 is 10.1 Å². The summed E-state index contributed by atoms with van der Waals surface area (Å²) < 4.78 is 44.9. The van der Waals surface area contributed by atoms with Crippen LogP contribution in [0.1, 0.15) is 25.0 Å². The van der Waals surface area contributed by atoms with Crippen LogP contribution in [0.2, 0.25) is 0 Å². The summed E-state index contributed by atoms with van der Waals surface area (Å²) in [6.45, 7) is 7.34. The second kappa shape index (κ2) is 6.66. The van der Waals surface area contributed by atoms with E-state index in [-0.39, 0.29) is 11.9 Å². The molecule has 1 heterocycles. The first-order chi connectivity index (χ1) is 9.88. The average Bonchev–Trinajstić information content (AvgIpc) is 2.40. The molecule has 0 radical (unpaired) electrons. The van der Waals surface area contributed by atoms with E-state index in [1.54, 1.807) is 19.9 Å². The van der Waals surface area contributed by atoms with Crippen LogP contribution in [-0.2, 0) is 12.7 Å². The third kappa shape index (κ3) is 4.35. The summed E-state index contributed by atoms with van der Waals surface area (Å²) in [5.74, 6) is -0.0291. The number of hydrogen-bond donors (Lipinski definition) is 1. The maximum Gasteiger partial charge on any atom is 0.419 e. The molecule has 1 N–H and O–H groups in total. The highest BCUT2D eigenvalue weighted by atomic mass is 19.4. The lowest BCUT2D eigenvalue weighted by Crippen LogP contribution is -2.43. The van der Waals surface area contributed by atoms with Gasteiger partial charge in [0.15, 0.2) is 0 Å². The summed E-state index contributed by atoms with van der Waals surface area (Å²) in [5, 5.41) is 3.23. The molecule has 1 aliphatic heterocycles. The molecule has 118 valence electrons. The van der Waals surface area contributed by atoms with Crippen LogP contribution < -0.4 is 10.1 Å². The van der Waals surface area contributed by atoms with E-state index in [9.17, 15) is 13.2 Å². The van der Waals surface area contributed by atoms with Crippen LogP contribution in [0.3, 0.4) is 0 Å². The van der Waals surface area contributed by atoms with Crippen LogP contribution in [0.25, 0.3) is 0 Å². The van der Waals surface area contributed by atoms with Crippen molar-refractivity contribution < 1.29 is 17.9 Å². The Morgan fingerprint density at radius 3 is 2.48 bits per heavy atom. The molecule has 1 aromatic rings. The topological polar surface area (TPSA) is 24.5 Å². The normalized spacial score (nSPS) is 17.2. The minimum atomic E-state index is -4.40. The SMILES string of the molecule is CC(C)Oc1c(CN2CCNCC2)cccc1C(F)(F)F. The average molecular weight is 302 g/mol. The molecule has 2 rings (SSSR count). The van der Waals surface area contributed by atoms with Crippen LogP contribution in [0.4, 0.5) is 13.2 Å². The number of ether oxygens (including phenoxy) is 1. The maximum absolute atomic E-state index is 13.2. The molecule has 0 saturated carbocycles. The van der Waals surface area contributed by atoms with E-state index in [1.165, 1.54) is 6.07 Å². The van der Waals surface area contributed by atoms with Gasteiger partial charge in [-0.05, 0) is 19.9 Å². The van der Waals surface area contributed by atoms with E-state index in [2.05, 4.69) is 10.2 Å². The van der Waals surface area contributed by atoms with Crippen molar-refractivity contribution in [2.24, 2.45) is 0 Å². The van der Waals surface area contributed by atoms with E-state index in [4.69, 9.17) is 4.74 Å². The Morgan fingerprint density at radius 1 is 1.24 bits per heavy atom. The molecular weight excluding hydrogens is 281 g/mol. The van der Waals surface area contributed by atoms with Gasteiger partial charge in [0.2, 0.25) is 0 Å². The first-order valence-corrected chi connectivity index (χ1v) is 7.16. The van der Waals surface area contributed by atoms with Crippen molar-refractivity contribution >= 4 is 0 Å². The minimum Gasteiger partial charge on any atom is -0.490 e. The summed E-state index contributed by atoms with van der Waals surface area (Å²) >= 11 is 0. The molecule has 1 aliphatic rings. The van der Waals surface area contributed by atoms with E-state index in [0.717, 1.165) is 32.2 Å². The number of nitrogens with zero attached hydrogens (tertiary/aromatic N) is 1. The molecule has 0 amide bonds. The van der Waals surface area contributed by atoms with Gasteiger partial charge in [0.05, 0.1) is 11.7 Å². The molecule has 0 unspecified atom stereocenters. The zero-order valence-electron chi connectivity index (χ0n) is 12.3. The largest absolute Gasteiger partial charge is 0.490 e. The van der Waals surface area contributed by atoms with Crippen molar-refractivity contribution in [3.8, 4) is 5.75 Å². The summed E-state index contributed by atoms with van der Waals surface area (Å²) in [5.41, 5.74) is -0.0933. The highest BCUT2D eigenvalue weighted by Crippen LogP contribution is 2.39. The predicted octanol–water partition coefficient (Wildman–Crippen LogP) is 2.90. The fourth-order valence-electron chi connectivity index (χ4n) is 2.42. The van der Waals surface area contributed by atoms with Gasteiger partial charge in [0.25, 0.3) is 0 Å². The van der Waals surface area contributed by atoms with Crippen LogP contribution in [0, 0.1) is 0 Å². The smallest absolute Gasteiger partial charge is 0.419 e. The molecule has 0 spiro atoms. The molecule has 0 bridgehead atoms. The highest BCUT2D eigenvalue weighted by molar-refractivity contribution is 5.43. The number of benzene rings is 1. The molecule has 3 nitrogen and oxygen atoms in total. The molecule has 1 fully saturated rings. The fourth-order valence-corrected chi connectivity index (χ4v) is 2.42. The van der Waals surface area contributed by atoms with Gasteiger partial charge in [-0.15, -0.1) is 0 Å². The maximum atomic E-state index is 13.2. The Hall–Kier alpha value is -1.27. The summed E-state index contributed by atoms with van der Waals surface area (Å²) in [7, 11) is 0. The van der Waals surface area contributed by atoms with Crippen LogP contribution in [0.15, 0.2) is 18.2 Å². The summed E-state index contributed by atoms with van der Waals surface area (Å²) in [6, 6.07) is 4.25. The third-order valence-electron chi connectivity index (χ3n) is 3.36. The monoisotopic (exact) mass is 302 g/mol. The van der Waals surface area contributed by atoms with Gasteiger partial charge in [-0.25, -0.2) is 0 Å². The van der Waals surface area contributed by atoms with Crippen molar-refractivity contribution in [1.29, 1.82) is 0 Å². The van der Waals surface area contributed by atoms with Gasteiger partial charge >= 0.3 is 6.18 Å². The molecule has 21 heavy (non-hydrogen) atoms. The Kier molecular flexibility index (Phi) is 5.11. The van der Waals surface area contributed by atoms with Gasteiger partial charge in [-0.2, -0.15) is 13.2 Å². The number of alkyl halides is 3. The number of halogens is 3.